The van der Waals surface area contributed by atoms with Crippen molar-refractivity contribution in [1.29, 1.82) is 0 Å². The number of hydrogen-bond acceptors (Lipinski definition) is 2. The number of rotatable bonds is 4. The maximum atomic E-state index is 12.6. The van der Waals surface area contributed by atoms with Crippen LogP contribution in [0.1, 0.15) is 12.5 Å². The summed E-state index contributed by atoms with van der Waals surface area (Å²) >= 11 is 3.16. The average molecular weight is 348 g/mol. The van der Waals surface area contributed by atoms with Crippen LogP contribution in [-0.2, 0) is 12.7 Å². The van der Waals surface area contributed by atoms with Crippen molar-refractivity contribution in [3.8, 4) is 0 Å². The lowest BCUT2D eigenvalue weighted by molar-refractivity contribution is -0.137. The van der Waals surface area contributed by atoms with E-state index >= 15 is 0 Å². The van der Waals surface area contributed by atoms with Gasteiger partial charge < -0.3 is 5.32 Å². The first-order chi connectivity index (χ1) is 9.36. The molecule has 0 bridgehead atoms. The number of halogens is 4. The summed E-state index contributed by atoms with van der Waals surface area (Å²) in [7, 11) is 0. The van der Waals surface area contributed by atoms with Crippen molar-refractivity contribution < 1.29 is 13.2 Å². The third-order valence-corrected chi connectivity index (χ3v) is 3.37. The Morgan fingerprint density at radius 1 is 1.40 bits per heavy atom. The van der Waals surface area contributed by atoms with Gasteiger partial charge in [-0.15, -0.1) is 0 Å². The Labute approximate surface area is 122 Å². The number of hydrogen-bond donors (Lipinski definition) is 1. The second-order valence-electron chi connectivity index (χ2n) is 4.47. The molecule has 0 aliphatic heterocycles. The molecule has 1 N–H and O–H groups in total. The molecule has 0 radical (unpaired) electrons. The van der Waals surface area contributed by atoms with E-state index in [0.29, 0.717) is 16.7 Å². The van der Waals surface area contributed by atoms with Gasteiger partial charge in [0, 0.05) is 28.6 Å². The minimum Gasteiger partial charge on any atom is -0.380 e. The highest BCUT2D eigenvalue weighted by Crippen LogP contribution is 2.34. The maximum Gasteiger partial charge on any atom is 0.416 e. The quantitative estimate of drug-likeness (QED) is 0.899. The highest BCUT2D eigenvalue weighted by molar-refractivity contribution is 9.10. The lowest BCUT2D eigenvalue weighted by Crippen LogP contribution is -2.22. The van der Waals surface area contributed by atoms with Gasteiger partial charge in [-0.1, -0.05) is 0 Å². The zero-order chi connectivity index (χ0) is 14.8. The molecular formula is C13H13BrF3N3. The highest BCUT2D eigenvalue weighted by atomic mass is 79.9. The van der Waals surface area contributed by atoms with Crippen LogP contribution in [0.5, 0.6) is 0 Å². The monoisotopic (exact) mass is 347 g/mol. The number of nitrogens with one attached hydrogen (secondary N) is 1. The second kappa shape index (κ2) is 5.87. The van der Waals surface area contributed by atoms with E-state index in [0.717, 1.165) is 12.1 Å². The lowest BCUT2D eigenvalue weighted by atomic mass is 10.2. The first-order valence-corrected chi connectivity index (χ1v) is 6.76. The second-order valence-corrected chi connectivity index (χ2v) is 5.32. The maximum absolute atomic E-state index is 12.6. The van der Waals surface area contributed by atoms with Gasteiger partial charge in [0.2, 0.25) is 0 Å². The van der Waals surface area contributed by atoms with E-state index in [9.17, 15) is 13.2 Å². The summed E-state index contributed by atoms with van der Waals surface area (Å²) in [5, 5.41) is 7.23. The van der Waals surface area contributed by atoms with Crippen LogP contribution in [0.3, 0.4) is 0 Å². The van der Waals surface area contributed by atoms with Crippen molar-refractivity contribution in [2.45, 2.75) is 25.7 Å². The van der Waals surface area contributed by atoms with Gasteiger partial charge in [-0.05, 0) is 47.1 Å². The third kappa shape index (κ3) is 3.75. The van der Waals surface area contributed by atoms with Crippen LogP contribution in [0.15, 0.2) is 41.1 Å². The predicted octanol–water partition coefficient (Wildman–Crippen LogP) is 4.17. The molecule has 0 aliphatic carbocycles. The fraction of sp³-hybridized carbons (Fsp3) is 0.308. The van der Waals surface area contributed by atoms with Gasteiger partial charge in [0.1, 0.15) is 0 Å². The molecule has 108 valence electrons. The average Bonchev–Trinajstić information content (AvgIpc) is 2.83. The molecule has 1 atom stereocenters. The molecule has 1 aromatic heterocycles. The Balaban J connectivity index is 2.06. The van der Waals surface area contributed by atoms with Gasteiger partial charge in [0.15, 0.2) is 0 Å². The number of benzene rings is 1. The fourth-order valence-corrected chi connectivity index (χ4v) is 2.30. The molecular weight excluding hydrogens is 335 g/mol. The topological polar surface area (TPSA) is 29.9 Å². The molecule has 3 nitrogen and oxygen atoms in total. The van der Waals surface area contributed by atoms with Crippen LogP contribution < -0.4 is 5.32 Å². The van der Waals surface area contributed by atoms with Crippen LogP contribution in [-0.4, -0.2) is 15.8 Å². The van der Waals surface area contributed by atoms with Gasteiger partial charge in [-0.3, -0.25) is 4.68 Å². The molecule has 2 aromatic rings. The normalized spacial score (nSPS) is 13.2. The van der Waals surface area contributed by atoms with Crippen molar-refractivity contribution >= 4 is 21.6 Å². The minimum absolute atomic E-state index is 0.0305. The molecule has 1 aromatic carbocycles. The molecule has 0 fully saturated rings. The smallest absolute Gasteiger partial charge is 0.380 e. The molecule has 0 saturated heterocycles. The van der Waals surface area contributed by atoms with E-state index in [-0.39, 0.29) is 6.04 Å². The molecule has 0 spiro atoms. The van der Waals surface area contributed by atoms with E-state index in [1.54, 1.807) is 10.9 Å². The summed E-state index contributed by atoms with van der Waals surface area (Å²) in [5.74, 6) is 0. The summed E-state index contributed by atoms with van der Waals surface area (Å²) in [4.78, 5) is 0. The standard InChI is InChI=1S/C13H13BrF3N3/c1-9(8-20-6-2-5-18-20)19-12-4-3-10(7-11(12)14)13(15,16)17/h2-7,9,19H,8H2,1H3. The van der Waals surface area contributed by atoms with Crippen molar-refractivity contribution in [2.24, 2.45) is 0 Å². The van der Waals surface area contributed by atoms with Gasteiger partial charge in [0.05, 0.1) is 12.1 Å². The van der Waals surface area contributed by atoms with Crippen molar-refractivity contribution in [3.63, 3.8) is 0 Å². The van der Waals surface area contributed by atoms with E-state index in [1.165, 1.54) is 6.07 Å². The van der Waals surface area contributed by atoms with E-state index in [2.05, 4.69) is 26.3 Å². The van der Waals surface area contributed by atoms with Crippen molar-refractivity contribution in [1.82, 2.24) is 9.78 Å². The summed E-state index contributed by atoms with van der Waals surface area (Å²) in [6.45, 7) is 2.56. The summed E-state index contributed by atoms with van der Waals surface area (Å²) in [5.41, 5.74) is -0.0488. The molecule has 2 rings (SSSR count). The lowest BCUT2D eigenvalue weighted by Gasteiger charge is -2.17. The first-order valence-electron chi connectivity index (χ1n) is 5.97. The van der Waals surface area contributed by atoms with E-state index in [4.69, 9.17) is 0 Å². The van der Waals surface area contributed by atoms with E-state index < -0.39 is 11.7 Å². The Hall–Kier alpha value is -1.50. The van der Waals surface area contributed by atoms with Gasteiger partial charge in [-0.2, -0.15) is 18.3 Å². The largest absolute Gasteiger partial charge is 0.416 e. The number of alkyl halides is 3. The van der Waals surface area contributed by atoms with Gasteiger partial charge in [0.25, 0.3) is 0 Å². The summed E-state index contributed by atoms with van der Waals surface area (Å²) < 4.78 is 39.8. The highest BCUT2D eigenvalue weighted by Gasteiger charge is 2.30. The Morgan fingerprint density at radius 2 is 2.15 bits per heavy atom. The molecule has 7 heteroatoms. The number of aromatic nitrogens is 2. The predicted molar refractivity (Wildman–Crippen MR) is 74.5 cm³/mol. The summed E-state index contributed by atoms with van der Waals surface area (Å²) in [6.07, 6.45) is -0.817. The fourth-order valence-electron chi connectivity index (χ4n) is 1.81. The zero-order valence-electron chi connectivity index (χ0n) is 10.7. The van der Waals surface area contributed by atoms with Crippen LogP contribution in [0.4, 0.5) is 18.9 Å². The van der Waals surface area contributed by atoms with Crippen molar-refractivity contribution in [3.05, 3.63) is 46.7 Å². The van der Waals surface area contributed by atoms with E-state index in [1.807, 2.05) is 19.2 Å². The molecule has 0 amide bonds. The summed E-state index contributed by atoms with van der Waals surface area (Å²) in [6, 6.07) is 5.41. The molecule has 0 aliphatic rings. The third-order valence-electron chi connectivity index (χ3n) is 2.72. The molecule has 1 heterocycles. The molecule has 0 saturated carbocycles. The minimum atomic E-state index is -4.33. The van der Waals surface area contributed by atoms with Crippen LogP contribution in [0, 0.1) is 0 Å². The molecule has 1 unspecified atom stereocenters. The number of nitrogens with zero attached hydrogens (tertiary/aromatic N) is 2. The Kier molecular flexibility index (Phi) is 4.37. The van der Waals surface area contributed by atoms with Crippen LogP contribution in [0.2, 0.25) is 0 Å². The Bertz CT molecular complexity index is 567. The van der Waals surface area contributed by atoms with Gasteiger partial charge in [-0.25, -0.2) is 0 Å². The SMILES string of the molecule is CC(Cn1cccn1)Nc1ccc(C(F)(F)F)cc1Br. The van der Waals surface area contributed by atoms with Crippen LogP contribution in [0.25, 0.3) is 0 Å². The van der Waals surface area contributed by atoms with Crippen LogP contribution >= 0.6 is 15.9 Å². The Morgan fingerprint density at radius 3 is 2.70 bits per heavy atom. The molecule has 20 heavy (non-hydrogen) atoms. The zero-order valence-corrected chi connectivity index (χ0v) is 12.2. The number of anilines is 1. The van der Waals surface area contributed by atoms with Crippen molar-refractivity contribution in [2.75, 3.05) is 5.32 Å². The first kappa shape index (κ1) is 14.9. The van der Waals surface area contributed by atoms with Gasteiger partial charge >= 0.3 is 6.18 Å².